The number of aromatic nitrogens is 2. The van der Waals surface area contributed by atoms with Crippen molar-refractivity contribution in [1.82, 2.24) is 24.7 Å². The number of piperidine rings is 1. The van der Waals surface area contributed by atoms with Gasteiger partial charge in [-0.05, 0) is 26.3 Å². The topological polar surface area (TPSA) is 53.4 Å². The highest BCUT2D eigenvalue weighted by Crippen LogP contribution is 2.24. The summed E-state index contributed by atoms with van der Waals surface area (Å²) < 4.78 is 1.97. The van der Waals surface area contributed by atoms with E-state index in [1.54, 1.807) is 12.5 Å². The number of rotatable bonds is 4. The number of hydrogen-bond acceptors (Lipinski definition) is 3. The lowest BCUT2D eigenvalue weighted by molar-refractivity contribution is 0.0169. The van der Waals surface area contributed by atoms with Crippen LogP contribution in [0.15, 0.2) is 18.7 Å². The van der Waals surface area contributed by atoms with E-state index in [4.69, 9.17) is 0 Å². The van der Waals surface area contributed by atoms with E-state index in [9.17, 15) is 4.79 Å². The largest absolute Gasteiger partial charge is 0.336 e. The third-order valence-electron chi connectivity index (χ3n) is 4.68. The average molecular weight is 291 g/mol. The fourth-order valence-electron chi connectivity index (χ4n) is 3.32. The molecule has 1 atom stereocenters. The molecule has 3 heterocycles. The third-order valence-corrected chi connectivity index (χ3v) is 4.68. The van der Waals surface area contributed by atoms with Gasteiger partial charge in [0.05, 0.1) is 6.33 Å². The van der Waals surface area contributed by atoms with Crippen molar-refractivity contribution in [3.63, 3.8) is 0 Å². The van der Waals surface area contributed by atoms with Crippen molar-refractivity contribution in [1.29, 1.82) is 0 Å². The van der Waals surface area contributed by atoms with E-state index in [0.29, 0.717) is 18.6 Å². The van der Waals surface area contributed by atoms with Crippen molar-refractivity contribution in [2.24, 2.45) is 0 Å². The second kappa shape index (κ2) is 6.47. The molecule has 2 aliphatic rings. The highest BCUT2D eigenvalue weighted by molar-refractivity contribution is 5.75. The minimum atomic E-state index is 0.0658. The maximum atomic E-state index is 12.0. The Morgan fingerprint density at radius 2 is 2.24 bits per heavy atom. The summed E-state index contributed by atoms with van der Waals surface area (Å²) in [6.07, 6.45) is 9.38. The van der Waals surface area contributed by atoms with Crippen LogP contribution in [-0.4, -0.2) is 63.6 Å². The van der Waals surface area contributed by atoms with Crippen LogP contribution in [0, 0.1) is 0 Å². The molecule has 1 N–H and O–H groups in total. The molecule has 6 nitrogen and oxygen atoms in total. The average Bonchev–Trinajstić information content (AvgIpc) is 2.92. The van der Waals surface area contributed by atoms with Gasteiger partial charge >= 0.3 is 6.03 Å². The van der Waals surface area contributed by atoms with Crippen LogP contribution in [0.4, 0.5) is 4.79 Å². The summed E-state index contributed by atoms with van der Waals surface area (Å²) in [5, 5.41) is 2.98. The van der Waals surface area contributed by atoms with Gasteiger partial charge in [-0.2, -0.15) is 0 Å². The smallest absolute Gasteiger partial charge is 0.317 e. The predicted molar refractivity (Wildman–Crippen MR) is 81.0 cm³/mol. The molecule has 1 aromatic heterocycles. The number of nitrogens with zero attached hydrogens (tertiary/aromatic N) is 4. The van der Waals surface area contributed by atoms with E-state index in [0.717, 1.165) is 19.6 Å². The van der Waals surface area contributed by atoms with Crippen LogP contribution in [0.5, 0.6) is 0 Å². The van der Waals surface area contributed by atoms with Crippen molar-refractivity contribution in [2.75, 3.05) is 26.2 Å². The first-order valence-electron chi connectivity index (χ1n) is 7.98. The lowest BCUT2D eigenvalue weighted by Gasteiger charge is -2.49. The zero-order chi connectivity index (χ0) is 14.7. The number of carbonyl (C=O) groups excluding carboxylic acids is 1. The van der Waals surface area contributed by atoms with Crippen LogP contribution in [0.1, 0.15) is 26.2 Å². The molecule has 0 spiro atoms. The minimum absolute atomic E-state index is 0.0658. The molecule has 0 aromatic carbocycles. The van der Waals surface area contributed by atoms with Gasteiger partial charge in [0.25, 0.3) is 0 Å². The molecule has 21 heavy (non-hydrogen) atoms. The Hall–Kier alpha value is -1.56. The Morgan fingerprint density at radius 1 is 1.38 bits per heavy atom. The van der Waals surface area contributed by atoms with Crippen LogP contribution in [0.3, 0.4) is 0 Å². The first kappa shape index (κ1) is 14.4. The van der Waals surface area contributed by atoms with Gasteiger partial charge in [-0.15, -0.1) is 0 Å². The van der Waals surface area contributed by atoms with Gasteiger partial charge in [0.2, 0.25) is 0 Å². The summed E-state index contributed by atoms with van der Waals surface area (Å²) >= 11 is 0. The number of nitrogens with one attached hydrogen (secondary N) is 1. The summed E-state index contributed by atoms with van der Waals surface area (Å²) in [6, 6.07) is 1.31. The monoisotopic (exact) mass is 291 g/mol. The second-order valence-electron chi connectivity index (χ2n) is 6.17. The zero-order valence-corrected chi connectivity index (χ0v) is 12.7. The van der Waals surface area contributed by atoms with E-state index in [1.807, 2.05) is 15.7 Å². The van der Waals surface area contributed by atoms with Gasteiger partial charge < -0.3 is 14.8 Å². The molecule has 0 unspecified atom stereocenters. The first-order valence-corrected chi connectivity index (χ1v) is 7.98. The molecule has 2 aliphatic heterocycles. The Morgan fingerprint density at radius 3 is 2.95 bits per heavy atom. The van der Waals surface area contributed by atoms with E-state index in [1.165, 1.54) is 25.8 Å². The number of amides is 2. The standard InChI is InChI=1S/C15H25N5O/c1-13-4-2-3-7-20(13)14-10-19(11-14)15(21)17-6-9-18-8-5-16-12-18/h5,8,12-14H,2-4,6-7,9-11H2,1H3,(H,17,21)/t13-/m1/s1. The van der Waals surface area contributed by atoms with E-state index in [-0.39, 0.29) is 6.03 Å². The van der Waals surface area contributed by atoms with Gasteiger partial charge in [-0.3, -0.25) is 4.90 Å². The number of imidazole rings is 1. The summed E-state index contributed by atoms with van der Waals surface area (Å²) in [6.45, 7) is 6.68. The predicted octanol–water partition coefficient (Wildman–Crippen LogP) is 1.15. The molecular weight excluding hydrogens is 266 g/mol. The zero-order valence-electron chi connectivity index (χ0n) is 12.7. The number of carbonyl (C=O) groups is 1. The summed E-state index contributed by atoms with van der Waals surface area (Å²) in [7, 11) is 0. The maximum absolute atomic E-state index is 12.0. The van der Waals surface area contributed by atoms with Crippen molar-refractivity contribution in [3.05, 3.63) is 18.7 Å². The highest BCUT2D eigenvalue weighted by Gasteiger charge is 2.37. The molecule has 6 heteroatoms. The molecule has 2 saturated heterocycles. The lowest BCUT2D eigenvalue weighted by atomic mass is 9.98. The Kier molecular flexibility index (Phi) is 4.43. The van der Waals surface area contributed by atoms with E-state index >= 15 is 0 Å². The molecule has 2 amide bonds. The van der Waals surface area contributed by atoms with Crippen molar-refractivity contribution in [2.45, 2.75) is 44.8 Å². The Labute approximate surface area is 126 Å². The molecule has 2 fully saturated rings. The quantitative estimate of drug-likeness (QED) is 0.905. The Bertz CT molecular complexity index is 455. The summed E-state index contributed by atoms with van der Waals surface area (Å²) in [4.78, 5) is 20.5. The fourth-order valence-corrected chi connectivity index (χ4v) is 3.32. The maximum Gasteiger partial charge on any atom is 0.317 e. The van der Waals surface area contributed by atoms with Gasteiger partial charge in [0.1, 0.15) is 0 Å². The number of urea groups is 1. The SMILES string of the molecule is C[C@@H]1CCCCN1C1CN(C(=O)NCCn2ccnc2)C1. The molecule has 3 rings (SSSR count). The molecule has 0 bridgehead atoms. The van der Waals surface area contributed by atoms with E-state index < -0.39 is 0 Å². The Balaban J connectivity index is 1.36. The van der Waals surface area contributed by atoms with Gasteiger partial charge in [-0.25, -0.2) is 9.78 Å². The lowest BCUT2D eigenvalue weighted by Crippen LogP contribution is -2.65. The first-order chi connectivity index (χ1) is 10.2. The fraction of sp³-hybridized carbons (Fsp3) is 0.733. The third kappa shape index (κ3) is 3.37. The van der Waals surface area contributed by atoms with Crippen LogP contribution >= 0.6 is 0 Å². The molecule has 1 aromatic rings. The van der Waals surface area contributed by atoms with E-state index in [2.05, 4.69) is 22.1 Å². The van der Waals surface area contributed by atoms with Crippen molar-refractivity contribution < 1.29 is 4.79 Å². The highest BCUT2D eigenvalue weighted by atomic mass is 16.2. The normalized spacial score (nSPS) is 23.9. The van der Waals surface area contributed by atoms with Crippen molar-refractivity contribution in [3.8, 4) is 0 Å². The molecule has 0 aliphatic carbocycles. The van der Waals surface area contributed by atoms with Crippen LogP contribution in [0.25, 0.3) is 0 Å². The molecular formula is C15H25N5O. The van der Waals surface area contributed by atoms with Gasteiger partial charge in [0.15, 0.2) is 0 Å². The summed E-state index contributed by atoms with van der Waals surface area (Å²) in [5.41, 5.74) is 0. The molecule has 0 radical (unpaired) electrons. The number of likely N-dealkylation sites (tertiary alicyclic amines) is 2. The van der Waals surface area contributed by atoms with Gasteiger partial charge in [-0.1, -0.05) is 6.42 Å². The van der Waals surface area contributed by atoms with Crippen LogP contribution in [0.2, 0.25) is 0 Å². The molecule has 0 saturated carbocycles. The van der Waals surface area contributed by atoms with Crippen LogP contribution < -0.4 is 5.32 Å². The van der Waals surface area contributed by atoms with Crippen molar-refractivity contribution >= 4 is 6.03 Å². The number of hydrogen-bond donors (Lipinski definition) is 1. The van der Waals surface area contributed by atoms with Gasteiger partial charge in [0, 0.05) is 50.7 Å². The summed E-state index contributed by atoms with van der Waals surface area (Å²) in [5.74, 6) is 0. The van der Waals surface area contributed by atoms with Crippen LogP contribution in [-0.2, 0) is 6.54 Å². The second-order valence-corrected chi connectivity index (χ2v) is 6.17. The molecule has 116 valence electrons. The minimum Gasteiger partial charge on any atom is -0.336 e.